The molecule has 0 aliphatic carbocycles. The molecule has 0 spiro atoms. The van der Waals surface area contributed by atoms with Gasteiger partial charge < -0.3 is 4.74 Å². The number of hydrogen-bond acceptors (Lipinski definition) is 5. The van der Waals surface area contributed by atoms with Gasteiger partial charge in [0.2, 0.25) is 4.93 Å². The Balaban J connectivity index is 2.38. The number of carbonyl (C=O) groups excluding carboxylic acids is 2. The molecule has 0 saturated carbocycles. The third-order valence-corrected chi connectivity index (χ3v) is 3.03. The molecule has 1 aromatic carbocycles. The minimum absolute atomic E-state index is 0.252. The number of rotatable bonds is 2. The van der Waals surface area contributed by atoms with E-state index in [1.165, 1.54) is 7.11 Å². The highest BCUT2D eigenvalue weighted by atomic mass is 32.1. The van der Waals surface area contributed by atoms with Crippen molar-refractivity contribution >= 4 is 24.4 Å². The number of amides is 2. The van der Waals surface area contributed by atoms with Gasteiger partial charge in [0.05, 0.1) is 7.11 Å². The normalized spacial score (nSPS) is 25.2. The quantitative estimate of drug-likeness (QED) is 0.623. The standard InChI is InChI=1S/C11H11NO4S/c1-15-12-9(13)7-16-11(17,10(12)14)8-5-3-2-4-6-8/h2-6,17H,7H2,1H3. The molecule has 0 N–H and O–H groups in total. The minimum atomic E-state index is -1.48. The fraction of sp³-hybridized carbons (Fsp3) is 0.273. The third kappa shape index (κ3) is 1.95. The molecule has 2 rings (SSSR count). The highest BCUT2D eigenvalue weighted by Crippen LogP contribution is 2.35. The first kappa shape index (κ1) is 12.1. The highest BCUT2D eigenvalue weighted by molar-refractivity contribution is 7.82. The summed E-state index contributed by atoms with van der Waals surface area (Å²) in [6, 6.07) is 8.74. The van der Waals surface area contributed by atoms with Gasteiger partial charge in [0.25, 0.3) is 5.91 Å². The topological polar surface area (TPSA) is 55.8 Å². The lowest BCUT2D eigenvalue weighted by Crippen LogP contribution is -2.54. The number of ether oxygens (including phenoxy) is 1. The summed E-state index contributed by atoms with van der Waals surface area (Å²) >= 11 is 4.24. The van der Waals surface area contributed by atoms with Crippen LogP contribution in [-0.4, -0.2) is 30.6 Å². The van der Waals surface area contributed by atoms with Crippen molar-refractivity contribution in [1.82, 2.24) is 5.06 Å². The molecule has 1 aromatic rings. The second-order valence-corrected chi connectivity index (χ2v) is 4.10. The van der Waals surface area contributed by atoms with E-state index in [1.54, 1.807) is 24.3 Å². The average Bonchev–Trinajstić information content (AvgIpc) is 2.36. The number of imide groups is 1. The molecule has 90 valence electrons. The summed E-state index contributed by atoms with van der Waals surface area (Å²) in [5.41, 5.74) is 0.558. The molecule has 0 aromatic heterocycles. The molecule has 6 heteroatoms. The van der Waals surface area contributed by atoms with Gasteiger partial charge in [-0.15, -0.1) is 17.7 Å². The molecule has 0 radical (unpaired) electrons. The van der Waals surface area contributed by atoms with Crippen molar-refractivity contribution in [2.45, 2.75) is 4.93 Å². The van der Waals surface area contributed by atoms with E-state index in [4.69, 9.17) is 9.57 Å². The van der Waals surface area contributed by atoms with Crippen LogP contribution in [0, 0.1) is 0 Å². The van der Waals surface area contributed by atoms with E-state index in [9.17, 15) is 9.59 Å². The largest absolute Gasteiger partial charge is 0.341 e. The summed E-state index contributed by atoms with van der Waals surface area (Å²) in [6.45, 7) is -0.252. The SMILES string of the molecule is CON1C(=O)COC(S)(c2ccccc2)C1=O. The first-order valence-corrected chi connectivity index (χ1v) is 5.37. The molecule has 1 saturated heterocycles. The second kappa shape index (κ2) is 4.48. The Kier molecular flexibility index (Phi) is 3.19. The number of morpholine rings is 1. The number of thiol groups is 1. The van der Waals surface area contributed by atoms with Crippen LogP contribution in [0.5, 0.6) is 0 Å². The Hall–Kier alpha value is -1.37. The van der Waals surface area contributed by atoms with Crippen molar-refractivity contribution in [2.24, 2.45) is 0 Å². The monoisotopic (exact) mass is 253 g/mol. The smallest absolute Gasteiger partial charge is 0.300 e. The van der Waals surface area contributed by atoms with Crippen molar-refractivity contribution in [3.63, 3.8) is 0 Å². The molecule has 1 aliphatic heterocycles. The van der Waals surface area contributed by atoms with Crippen LogP contribution < -0.4 is 0 Å². The summed E-state index contributed by atoms with van der Waals surface area (Å²) in [5, 5.41) is 0.670. The fourth-order valence-electron chi connectivity index (χ4n) is 1.59. The van der Waals surface area contributed by atoms with E-state index in [-0.39, 0.29) is 6.61 Å². The maximum Gasteiger partial charge on any atom is 0.300 e. The molecular weight excluding hydrogens is 242 g/mol. The summed E-state index contributed by atoms with van der Waals surface area (Å²) in [7, 11) is 1.25. The van der Waals surface area contributed by atoms with Gasteiger partial charge >= 0.3 is 5.91 Å². The van der Waals surface area contributed by atoms with Crippen LogP contribution in [0.2, 0.25) is 0 Å². The van der Waals surface area contributed by atoms with Gasteiger partial charge in [-0.2, -0.15) is 0 Å². The average molecular weight is 253 g/mol. The Labute approximate surface area is 104 Å². The summed E-state index contributed by atoms with van der Waals surface area (Å²) in [5.74, 6) is -1.19. The predicted octanol–water partition coefficient (Wildman–Crippen LogP) is 0.716. The maximum atomic E-state index is 12.1. The van der Waals surface area contributed by atoms with E-state index < -0.39 is 16.7 Å². The van der Waals surface area contributed by atoms with Crippen LogP contribution in [0.3, 0.4) is 0 Å². The van der Waals surface area contributed by atoms with E-state index >= 15 is 0 Å². The molecule has 2 amide bonds. The highest BCUT2D eigenvalue weighted by Gasteiger charge is 2.48. The lowest BCUT2D eigenvalue weighted by Gasteiger charge is -2.35. The Bertz CT molecular complexity index is 450. The first-order chi connectivity index (χ1) is 8.09. The van der Waals surface area contributed by atoms with Crippen LogP contribution in [0.25, 0.3) is 0 Å². The number of nitrogens with zero attached hydrogens (tertiary/aromatic N) is 1. The predicted molar refractivity (Wildman–Crippen MR) is 61.9 cm³/mol. The molecule has 17 heavy (non-hydrogen) atoms. The Morgan fingerprint density at radius 3 is 2.59 bits per heavy atom. The van der Waals surface area contributed by atoms with E-state index in [0.29, 0.717) is 10.6 Å². The van der Waals surface area contributed by atoms with Gasteiger partial charge in [0, 0.05) is 5.56 Å². The van der Waals surface area contributed by atoms with E-state index in [0.717, 1.165) is 0 Å². The number of benzene rings is 1. The van der Waals surface area contributed by atoms with E-state index in [2.05, 4.69) is 12.6 Å². The summed E-state index contributed by atoms with van der Waals surface area (Å²) < 4.78 is 5.25. The minimum Gasteiger partial charge on any atom is -0.341 e. The molecule has 5 nitrogen and oxygen atoms in total. The zero-order chi connectivity index (χ0) is 12.5. The van der Waals surface area contributed by atoms with Gasteiger partial charge in [-0.1, -0.05) is 30.3 Å². The van der Waals surface area contributed by atoms with Crippen LogP contribution in [0.4, 0.5) is 0 Å². The maximum absolute atomic E-state index is 12.1. The van der Waals surface area contributed by atoms with Crippen LogP contribution in [0.1, 0.15) is 5.56 Å². The summed E-state index contributed by atoms with van der Waals surface area (Å²) in [4.78, 5) is 26.7. The molecule has 1 aliphatic rings. The van der Waals surface area contributed by atoms with Crippen molar-refractivity contribution < 1.29 is 19.2 Å². The summed E-state index contributed by atoms with van der Waals surface area (Å²) in [6.07, 6.45) is 0. The first-order valence-electron chi connectivity index (χ1n) is 4.93. The van der Waals surface area contributed by atoms with Crippen molar-refractivity contribution in [2.75, 3.05) is 13.7 Å². The fourth-order valence-corrected chi connectivity index (χ4v) is 1.90. The molecule has 1 heterocycles. The molecule has 0 bridgehead atoms. The lowest BCUT2D eigenvalue weighted by molar-refractivity contribution is -0.214. The zero-order valence-electron chi connectivity index (χ0n) is 9.12. The van der Waals surface area contributed by atoms with Crippen LogP contribution in [-0.2, 0) is 24.1 Å². The van der Waals surface area contributed by atoms with Gasteiger partial charge in [-0.25, -0.2) is 0 Å². The van der Waals surface area contributed by atoms with Gasteiger partial charge in [-0.05, 0) is 0 Å². The second-order valence-electron chi connectivity index (χ2n) is 3.47. The molecule has 1 atom stereocenters. The molecular formula is C11H11NO4S. The van der Waals surface area contributed by atoms with Crippen molar-refractivity contribution in [1.29, 1.82) is 0 Å². The third-order valence-electron chi connectivity index (χ3n) is 2.45. The van der Waals surface area contributed by atoms with Crippen molar-refractivity contribution in [3.8, 4) is 0 Å². The Morgan fingerprint density at radius 2 is 2.00 bits per heavy atom. The van der Waals surface area contributed by atoms with Crippen LogP contribution >= 0.6 is 12.6 Å². The zero-order valence-corrected chi connectivity index (χ0v) is 10.0. The van der Waals surface area contributed by atoms with Crippen LogP contribution in [0.15, 0.2) is 30.3 Å². The molecule has 1 unspecified atom stereocenters. The Morgan fingerprint density at radius 1 is 1.35 bits per heavy atom. The van der Waals surface area contributed by atoms with Crippen molar-refractivity contribution in [3.05, 3.63) is 35.9 Å². The molecule has 1 fully saturated rings. The number of hydrogen-bond donors (Lipinski definition) is 1. The van der Waals surface area contributed by atoms with Gasteiger partial charge in [0.15, 0.2) is 0 Å². The van der Waals surface area contributed by atoms with Gasteiger partial charge in [0.1, 0.15) is 6.61 Å². The number of hydroxylamine groups is 2. The number of carbonyl (C=O) groups is 2. The van der Waals surface area contributed by atoms with E-state index in [1.807, 2.05) is 6.07 Å². The van der Waals surface area contributed by atoms with Gasteiger partial charge in [-0.3, -0.25) is 14.4 Å². The lowest BCUT2D eigenvalue weighted by atomic mass is 10.1.